The summed E-state index contributed by atoms with van der Waals surface area (Å²) in [7, 11) is 2.03. The van der Waals surface area contributed by atoms with E-state index in [1.54, 1.807) is 5.57 Å². The average molecular weight is 209 g/mol. The van der Waals surface area contributed by atoms with Gasteiger partial charge in [0.25, 0.3) is 0 Å². The highest BCUT2D eigenvalue weighted by atomic mass is 14.8. The molecule has 0 fully saturated rings. The van der Waals surface area contributed by atoms with Crippen LogP contribution in [-0.4, -0.2) is 13.6 Å². The van der Waals surface area contributed by atoms with E-state index in [1.165, 1.54) is 18.4 Å². The fraction of sp³-hybridized carbons (Fsp3) is 0.714. The molecule has 0 aromatic rings. The fourth-order valence-corrected chi connectivity index (χ4v) is 1.93. The van der Waals surface area contributed by atoms with Crippen LogP contribution in [0.1, 0.15) is 47.0 Å². The summed E-state index contributed by atoms with van der Waals surface area (Å²) in [6.45, 7) is 9.96. The quantitative estimate of drug-likeness (QED) is 0.627. The van der Waals surface area contributed by atoms with Crippen molar-refractivity contribution in [2.24, 2.45) is 5.92 Å². The molecule has 1 N–H and O–H groups in total. The highest BCUT2D eigenvalue weighted by Crippen LogP contribution is 2.25. The van der Waals surface area contributed by atoms with Crippen LogP contribution in [0.2, 0.25) is 0 Å². The standard InChI is InChI=1S/C14H27N/c1-6-9-14(12(4)7-2)13(8-3)10-11-15-5/h7,9,13,15H,6,8,10-11H2,1-5H3/b12-7-,14-9+. The van der Waals surface area contributed by atoms with Gasteiger partial charge in [0.15, 0.2) is 0 Å². The van der Waals surface area contributed by atoms with Crippen molar-refractivity contribution >= 4 is 0 Å². The molecule has 0 spiro atoms. The molecule has 0 rings (SSSR count). The van der Waals surface area contributed by atoms with Crippen LogP contribution in [0.5, 0.6) is 0 Å². The van der Waals surface area contributed by atoms with Crippen molar-refractivity contribution in [1.29, 1.82) is 0 Å². The minimum atomic E-state index is 0.716. The number of hydrogen-bond acceptors (Lipinski definition) is 1. The van der Waals surface area contributed by atoms with E-state index < -0.39 is 0 Å². The van der Waals surface area contributed by atoms with Crippen molar-refractivity contribution in [3.63, 3.8) is 0 Å². The van der Waals surface area contributed by atoms with Gasteiger partial charge in [-0.3, -0.25) is 0 Å². The lowest BCUT2D eigenvalue weighted by Gasteiger charge is -2.19. The first kappa shape index (κ1) is 14.4. The predicted octanol–water partition coefficient (Wildman–Crippen LogP) is 3.92. The van der Waals surface area contributed by atoms with E-state index in [2.05, 4.69) is 45.2 Å². The van der Waals surface area contributed by atoms with Crippen LogP contribution in [0.15, 0.2) is 23.3 Å². The second kappa shape index (κ2) is 8.72. The van der Waals surface area contributed by atoms with Crippen LogP contribution in [0.25, 0.3) is 0 Å². The molecule has 0 bridgehead atoms. The minimum absolute atomic E-state index is 0.716. The van der Waals surface area contributed by atoms with E-state index in [4.69, 9.17) is 0 Å². The Bertz CT molecular complexity index is 213. The Balaban J connectivity index is 4.63. The van der Waals surface area contributed by atoms with E-state index in [-0.39, 0.29) is 0 Å². The molecule has 1 heteroatoms. The first-order valence-corrected chi connectivity index (χ1v) is 6.19. The van der Waals surface area contributed by atoms with Crippen LogP contribution in [-0.2, 0) is 0 Å². The Morgan fingerprint density at radius 3 is 2.40 bits per heavy atom. The van der Waals surface area contributed by atoms with Gasteiger partial charge in [0, 0.05) is 0 Å². The Hall–Kier alpha value is -0.560. The van der Waals surface area contributed by atoms with Crippen LogP contribution in [0, 0.1) is 5.92 Å². The van der Waals surface area contributed by atoms with E-state index in [9.17, 15) is 0 Å². The largest absolute Gasteiger partial charge is 0.320 e. The lowest BCUT2D eigenvalue weighted by Crippen LogP contribution is -2.15. The molecule has 0 saturated heterocycles. The zero-order valence-electron chi connectivity index (χ0n) is 11.1. The smallest absolute Gasteiger partial charge is 0.00461 e. The molecule has 0 aliphatic rings. The summed E-state index contributed by atoms with van der Waals surface area (Å²) in [4.78, 5) is 0. The van der Waals surface area contributed by atoms with Crippen LogP contribution in [0.3, 0.4) is 0 Å². The molecule has 15 heavy (non-hydrogen) atoms. The highest BCUT2D eigenvalue weighted by Gasteiger charge is 2.12. The number of allylic oxidation sites excluding steroid dienone is 4. The molecule has 1 unspecified atom stereocenters. The summed E-state index contributed by atoms with van der Waals surface area (Å²) in [5.41, 5.74) is 3.00. The van der Waals surface area contributed by atoms with E-state index in [1.807, 2.05) is 7.05 Å². The Kier molecular flexibility index (Phi) is 8.40. The maximum atomic E-state index is 3.24. The van der Waals surface area contributed by atoms with Gasteiger partial charge in [-0.1, -0.05) is 31.6 Å². The van der Waals surface area contributed by atoms with Crippen LogP contribution in [0.4, 0.5) is 0 Å². The number of rotatable bonds is 7. The lowest BCUT2D eigenvalue weighted by atomic mass is 9.87. The van der Waals surface area contributed by atoms with Gasteiger partial charge in [0.05, 0.1) is 0 Å². The Morgan fingerprint density at radius 1 is 1.33 bits per heavy atom. The molecule has 0 aromatic carbocycles. The van der Waals surface area contributed by atoms with Gasteiger partial charge in [-0.2, -0.15) is 0 Å². The fourth-order valence-electron chi connectivity index (χ4n) is 1.93. The van der Waals surface area contributed by atoms with Crippen LogP contribution < -0.4 is 5.32 Å². The van der Waals surface area contributed by atoms with Crippen molar-refractivity contribution in [1.82, 2.24) is 5.32 Å². The summed E-state index contributed by atoms with van der Waals surface area (Å²) >= 11 is 0. The van der Waals surface area contributed by atoms with Crippen molar-refractivity contribution in [2.45, 2.75) is 47.0 Å². The third-order valence-electron chi connectivity index (χ3n) is 2.99. The van der Waals surface area contributed by atoms with E-state index in [0.29, 0.717) is 5.92 Å². The first-order valence-electron chi connectivity index (χ1n) is 6.19. The number of nitrogens with one attached hydrogen (secondary N) is 1. The third kappa shape index (κ3) is 5.17. The van der Waals surface area contributed by atoms with Crippen molar-refractivity contribution in [2.75, 3.05) is 13.6 Å². The molecule has 1 nitrogen and oxygen atoms in total. The monoisotopic (exact) mass is 209 g/mol. The predicted molar refractivity (Wildman–Crippen MR) is 70.1 cm³/mol. The van der Waals surface area contributed by atoms with Gasteiger partial charge in [0.1, 0.15) is 0 Å². The van der Waals surface area contributed by atoms with Crippen molar-refractivity contribution < 1.29 is 0 Å². The topological polar surface area (TPSA) is 12.0 Å². The van der Waals surface area contributed by atoms with Gasteiger partial charge < -0.3 is 5.32 Å². The minimum Gasteiger partial charge on any atom is -0.320 e. The molecular formula is C14H27N. The molecule has 0 heterocycles. The normalized spacial score (nSPS) is 15.5. The van der Waals surface area contributed by atoms with Gasteiger partial charge in [-0.05, 0) is 58.2 Å². The highest BCUT2D eigenvalue weighted by molar-refractivity contribution is 5.30. The Morgan fingerprint density at radius 2 is 2.00 bits per heavy atom. The zero-order chi connectivity index (χ0) is 11.7. The number of hydrogen-bond donors (Lipinski definition) is 1. The molecule has 88 valence electrons. The maximum absolute atomic E-state index is 3.24. The van der Waals surface area contributed by atoms with Gasteiger partial charge in [-0.25, -0.2) is 0 Å². The molecular weight excluding hydrogens is 182 g/mol. The maximum Gasteiger partial charge on any atom is -0.00461 e. The van der Waals surface area contributed by atoms with Crippen molar-refractivity contribution in [3.05, 3.63) is 23.3 Å². The second-order valence-electron chi connectivity index (χ2n) is 4.04. The summed E-state index contributed by atoms with van der Waals surface area (Å²) in [6, 6.07) is 0. The summed E-state index contributed by atoms with van der Waals surface area (Å²) in [5, 5.41) is 3.24. The zero-order valence-corrected chi connectivity index (χ0v) is 11.1. The first-order chi connectivity index (χ1) is 7.21. The summed E-state index contributed by atoms with van der Waals surface area (Å²) < 4.78 is 0. The molecule has 0 aromatic heterocycles. The Labute approximate surface area is 95.7 Å². The molecule has 1 atom stereocenters. The average Bonchev–Trinajstić information content (AvgIpc) is 2.27. The molecule has 0 saturated carbocycles. The van der Waals surface area contributed by atoms with E-state index >= 15 is 0 Å². The second-order valence-corrected chi connectivity index (χ2v) is 4.04. The van der Waals surface area contributed by atoms with Crippen LogP contribution >= 0.6 is 0 Å². The summed E-state index contributed by atoms with van der Waals surface area (Å²) in [5.74, 6) is 0.716. The van der Waals surface area contributed by atoms with Gasteiger partial charge >= 0.3 is 0 Å². The van der Waals surface area contributed by atoms with Gasteiger partial charge in [0.2, 0.25) is 0 Å². The SMILES string of the molecule is C/C=C(C)\C(=C/CC)C(CC)CCNC. The van der Waals surface area contributed by atoms with Crippen molar-refractivity contribution in [3.8, 4) is 0 Å². The molecule has 0 aliphatic carbocycles. The lowest BCUT2D eigenvalue weighted by molar-refractivity contribution is 0.528. The molecule has 0 aliphatic heterocycles. The molecule has 0 radical (unpaired) electrons. The molecule has 0 amide bonds. The van der Waals surface area contributed by atoms with E-state index in [0.717, 1.165) is 13.0 Å². The van der Waals surface area contributed by atoms with Gasteiger partial charge in [-0.15, -0.1) is 0 Å². The third-order valence-corrected chi connectivity index (χ3v) is 2.99. The summed E-state index contributed by atoms with van der Waals surface area (Å²) in [6.07, 6.45) is 8.22.